The summed E-state index contributed by atoms with van der Waals surface area (Å²) in [6, 6.07) is 2.01. The van der Waals surface area contributed by atoms with Gasteiger partial charge in [-0.05, 0) is 31.4 Å². The number of hydrogen-bond acceptors (Lipinski definition) is 8. The minimum absolute atomic E-state index is 0.0552. The first-order valence-corrected chi connectivity index (χ1v) is 10.5. The van der Waals surface area contributed by atoms with Crippen LogP contribution in [0.5, 0.6) is 11.6 Å². The number of nitrogens with zero attached hydrogens (tertiary/aromatic N) is 3. The van der Waals surface area contributed by atoms with E-state index in [-0.39, 0.29) is 6.61 Å². The Hall–Kier alpha value is -2.33. The van der Waals surface area contributed by atoms with Crippen molar-refractivity contribution in [3.05, 3.63) is 29.0 Å². The molecular weight excluding hydrogens is 401 g/mol. The maximum Gasteiger partial charge on any atom is 0.262 e. The number of H-pyrrole nitrogens is 1. The Labute approximate surface area is 171 Å². The average Bonchev–Trinajstić information content (AvgIpc) is 3.34. The van der Waals surface area contributed by atoms with Gasteiger partial charge in [0.2, 0.25) is 11.7 Å². The number of hydrogen-bond donors (Lipinski definition) is 2. The topological polar surface area (TPSA) is 85.0 Å². The molecule has 0 aromatic carbocycles. The number of aryl methyl sites for hydroxylation is 2. The van der Waals surface area contributed by atoms with E-state index in [2.05, 4.69) is 24.7 Å². The summed E-state index contributed by atoms with van der Waals surface area (Å²) in [6.45, 7) is 3.37. The fraction of sp³-hybridized carbons (Fsp3) is 0.389. The van der Waals surface area contributed by atoms with Crippen LogP contribution in [-0.2, 0) is 6.42 Å². The van der Waals surface area contributed by atoms with E-state index in [0.29, 0.717) is 29.7 Å². The van der Waals surface area contributed by atoms with Gasteiger partial charge in [-0.25, -0.2) is 14.4 Å². The van der Waals surface area contributed by atoms with Crippen LogP contribution in [0.15, 0.2) is 22.5 Å². The van der Waals surface area contributed by atoms with Gasteiger partial charge in [0.25, 0.3) is 5.88 Å². The van der Waals surface area contributed by atoms with Crippen LogP contribution in [0.25, 0.3) is 10.7 Å². The normalized spacial score (nSPS) is 10.9. The van der Waals surface area contributed by atoms with Gasteiger partial charge in [0.05, 0.1) is 18.5 Å². The van der Waals surface area contributed by atoms with Gasteiger partial charge in [-0.3, -0.25) is 4.72 Å². The molecule has 0 saturated heterocycles. The smallest absolute Gasteiger partial charge is 0.262 e. The number of aromatic nitrogens is 4. The van der Waals surface area contributed by atoms with Crippen molar-refractivity contribution < 1.29 is 13.9 Å². The Morgan fingerprint density at radius 3 is 2.86 bits per heavy atom. The van der Waals surface area contributed by atoms with E-state index in [1.165, 1.54) is 19.1 Å². The summed E-state index contributed by atoms with van der Waals surface area (Å²) >= 11 is 2.98. The molecule has 0 bridgehead atoms. The summed E-state index contributed by atoms with van der Waals surface area (Å²) in [5.74, 6) is 1.11. The molecular formula is C18H22FN5O2S2. The predicted octanol–water partition coefficient (Wildman–Crippen LogP) is 4.67. The van der Waals surface area contributed by atoms with Crippen LogP contribution in [0.1, 0.15) is 24.7 Å². The number of anilines is 1. The molecule has 0 aliphatic carbocycles. The van der Waals surface area contributed by atoms with Crippen LogP contribution < -0.4 is 14.2 Å². The second-order valence-electron chi connectivity index (χ2n) is 5.87. The van der Waals surface area contributed by atoms with Crippen molar-refractivity contribution in [2.45, 2.75) is 31.6 Å². The first kappa shape index (κ1) is 20.4. The SMILES string of the molecule is CCCc1nc(NSc2c[nH]c(-c3nc(C)cs3)c2)nc(OC)c1OCCF. The summed E-state index contributed by atoms with van der Waals surface area (Å²) in [5, 5.41) is 2.96. The van der Waals surface area contributed by atoms with Crippen molar-refractivity contribution >= 4 is 29.2 Å². The van der Waals surface area contributed by atoms with Gasteiger partial charge < -0.3 is 14.5 Å². The lowest BCUT2D eigenvalue weighted by atomic mass is 10.2. The van der Waals surface area contributed by atoms with Crippen LogP contribution in [0, 0.1) is 6.92 Å². The van der Waals surface area contributed by atoms with Crippen molar-refractivity contribution in [2.75, 3.05) is 25.1 Å². The fourth-order valence-corrected chi connectivity index (χ4v) is 3.86. The number of halogens is 1. The van der Waals surface area contributed by atoms with Crippen molar-refractivity contribution in [1.82, 2.24) is 19.9 Å². The number of rotatable bonds is 10. The number of ether oxygens (including phenoxy) is 2. The van der Waals surface area contributed by atoms with Gasteiger partial charge in [-0.15, -0.1) is 11.3 Å². The number of thiazole rings is 1. The van der Waals surface area contributed by atoms with E-state index in [1.54, 1.807) is 11.3 Å². The molecule has 10 heteroatoms. The molecule has 0 unspecified atom stereocenters. The molecule has 0 fully saturated rings. The van der Waals surface area contributed by atoms with Crippen molar-refractivity contribution in [1.29, 1.82) is 0 Å². The van der Waals surface area contributed by atoms with E-state index in [1.807, 2.05) is 31.5 Å². The van der Waals surface area contributed by atoms with Crippen molar-refractivity contribution in [3.63, 3.8) is 0 Å². The van der Waals surface area contributed by atoms with Crippen LogP contribution in [0.3, 0.4) is 0 Å². The molecule has 3 heterocycles. The predicted molar refractivity (Wildman–Crippen MR) is 110 cm³/mol. The Morgan fingerprint density at radius 2 is 2.18 bits per heavy atom. The van der Waals surface area contributed by atoms with E-state index in [4.69, 9.17) is 9.47 Å². The lowest BCUT2D eigenvalue weighted by Gasteiger charge is -2.14. The minimum atomic E-state index is -0.584. The molecule has 0 amide bonds. The molecule has 0 saturated carbocycles. The van der Waals surface area contributed by atoms with Crippen LogP contribution in [0.4, 0.5) is 10.3 Å². The molecule has 0 radical (unpaired) electrons. The molecule has 0 aliphatic rings. The molecule has 2 N–H and O–H groups in total. The van der Waals surface area contributed by atoms with Crippen LogP contribution in [0.2, 0.25) is 0 Å². The van der Waals surface area contributed by atoms with Crippen molar-refractivity contribution in [3.8, 4) is 22.3 Å². The number of nitrogens with one attached hydrogen (secondary N) is 2. The third-order valence-electron chi connectivity index (χ3n) is 3.67. The molecule has 3 aromatic heterocycles. The molecule has 7 nitrogen and oxygen atoms in total. The maximum atomic E-state index is 12.5. The third kappa shape index (κ3) is 4.93. The van der Waals surface area contributed by atoms with Gasteiger partial charge in [-0.1, -0.05) is 13.3 Å². The molecule has 0 atom stereocenters. The summed E-state index contributed by atoms with van der Waals surface area (Å²) < 4.78 is 26.4. The van der Waals surface area contributed by atoms with Crippen LogP contribution in [-0.4, -0.2) is 40.3 Å². The standard InChI is InChI=1S/C18H22FN5O2S2/c1-4-5-13-15(26-7-6-19)16(25-3)23-18(22-13)24-28-12-8-14(20-9-12)17-21-11(2)10-27-17/h8-10,20H,4-7H2,1-3H3,(H,22,23,24). The molecule has 0 spiro atoms. The minimum Gasteiger partial charge on any atom is -0.484 e. The van der Waals surface area contributed by atoms with Crippen LogP contribution >= 0.6 is 23.3 Å². The Bertz CT molecular complexity index is 915. The summed E-state index contributed by atoms with van der Waals surface area (Å²) in [4.78, 5) is 17.5. The first-order valence-electron chi connectivity index (χ1n) is 8.82. The monoisotopic (exact) mass is 423 g/mol. The maximum absolute atomic E-state index is 12.5. The Morgan fingerprint density at radius 1 is 1.32 bits per heavy atom. The third-order valence-corrected chi connectivity index (χ3v) is 5.42. The summed E-state index contributed by atoms with van der Waals surface area (Å²) in [5.41, 5.74) is 2.66. The highest BCUT2D eigenvalue weighted by molar-refractivity contribution is 8.00. The van der Waals surface area contributed by atoms with E-state index in [0.717, 1.165) is 27.7 Å². The fourth-order valence-electron chi connectivity index (χ4n) is 2.49. The van der Waals surface area contributed by atoms with Crippen molar-refractivity contribution in [2.24, 2.45) is 0 Å². The zero-order valence-corrected chi connectivity index (χ0v) is 17.5. The zero-order valence-electron chi connectivity index (χ0n) is 15.9. The van der Waals surface area contributed by atoms with E-state index < -0.39 is 6.67 Å². The zero-order chi connectivity index (χ0) is 19.9. The van der Waals surface area contributed by atoms with Gasteiger partial charge >= 0.3 is 0 Å². The second-order valence-corrected chi connectivity index (χ2v) is 7.60. The Balaban J connectivity index is 1.74. The van der Waals surface area contributed by atoms with Gasteiger partial charge in [-0.2, -0.15) is 4.98 Å². The number of aromatic amines is 1. The van der Waals surface area contributed by atoms with Gasteiger partial charge in [0.1, 0.15) is 18.3 Å². The quantitative estimate of drug-likeness (QED) is 0.459. The van der Waals surface area contributed by atoms with E-state index in [9.17, 15) is 4.39 Å². The highest BCUT2D eigenvalue weighted by Crippen LogP contribution is 2.32. The summed E-state index contributed by atoms with van der Waals surface area (Å²) in [7, 11) is 1.51. The largest absolute Gasteiger partial charge is 0.484 e. The molecule has 0 aliphatic heterocycles. The molecule has 150 valence electrons. The lowest BCUT2D eigenvalue weighted by molar-refractivity contribution is 0.253. The number of methoxy groups -OCH3 is 1. The lowest BCUT2D eigenvalue weighted by Crippen LogP contribution is -2.08. The molecule has 3 rings (SSSR count). The molecule has 3 aromatic rings. The second kappa shape index (κ2) is 9.74. The highest BCUT2D eigenvalue weighted by Gasteiger charge is 2.17. The first-order chi connectivity index (χ1) is 13.6. The van der Waals surface area contributed by atoms with E-state index >= 15 is 0 Å². The number of alkyl halides is 1. The summed E-state index contributed by atoms with van der Waals surface area (Å²) in [6.07, 6.45) is 3.44. The van der Waals surface area contributed by atoms with Gasteiger partial charge in [0, 0.05) is 22.2 Å². The molecule has 28 heavy (non-hydrogen) atoms. The van der Waals surface area contributed by atoms with Gasteiger partial charge in [0.15, 0.2) is 0 Å². The highest BCUT2D eigenvalue weighted by atomic mass is 32.2. The average molecular weight is 424 g/mol. The Kier molecular flexibility index (Phi) is 7.10.